The lowest BCUT2D eigenvalue weighted by Gasteiger charge is -2.17. The lowest BCUT2D eigenvalue weighted by atomic mass is 10.2. The van der Waals surface area contributed by atoms with Crippen LogP contribution >= 0.6 is 24.0 Å². The fourth-order valence-corrected chi connectivity index (χ4v) is 2.48. The maximum Gasteiger partial charge on any atom is 0.387 e. The van der Waals surface area contributed by atoms with E-state index in [4.69, 9.17) is 4.74 Å². The van der Waals surface area contributed by atoms with Gasteiger partial charge in [-0.3, -0.25) is 9.79 Å². The number of nitrogens with one attached hydrogen (secondary N) is 3. The molecule has 0 aliphatic carbocycles. The maximum atomic E-state index is 12.8. The van der Waals surface area contributed by atoms with Crippen LogP contribution in [0.3, 0.4) is 0 Å². The van der Waals surface area contributed by atoms with Crippen molar-refractivity contribution in [2.24, 2.45) is 4.99 Å². The Bertz CT molecular complexity index is 823. The molecular weight excluding hydrogens is 509 g/mol. The molecule has 2 aromatic carbocycles. The Balaban J connectivity index is 0.00000450. The minimum atomic E-state index is -2.98. The van der Waals surface area contributed by atoms with Crippen LogP contribution in [-0.4, -0.2) is 38.7 Å². The van der Waals surface area contributed by atoms with Gasteiger partial charge in [-0.05, 0) is 25.1 Å². The van der Waals surface area contributed by atoms with Crippen LogP contribution in [0.1, 0.15) is 12.5 Å². The first-order chi connectivity index (χ1) is 14.0. The second kappa shape index (κ2) is 13.6. The monoisotopic (exact) mass is 534 g/mol. The van der Waals surface area contributed by atoms with Crippen molar-refractivity contribution in [2.45, 2.75) is 20.1 Å². The molecule has 0 aliphatic heterocycles. The fourth-order valence-electron chi connectivity index (χ4n) is 2.48. The van der Waals surface area contributed by atoms with Crippen molar-refractivity contribution in [2.75, 3.05) is 25.5 Å². The molecule has 7 nitrogen and oxygen atoms in total. The van der Waals surface area contributed by atoms with Gasteiger partial charge in [0.1, 0.15) is 0 Å². The van der Waals surface area contributed by atoms with Gasteiger partial charge in [0.15, 0.2) is 17.5 Å². The molecule has 10 heteroatoms. The molecule has 0 fully saturated rings. The number of halogens is 3. The number of amides is 1. The van der Waals surface area contributed by atoms with Crippen molar-refractivity contribution >= 4 is 41.5 Å². The summed E-state index contributed by atoms with van der Waals surface area (Å²) in [4.78, 5) is 16.0. The Kier molecular flexibility index (Phi) is 11.5. The molecule has 0 unspecified atom stereocenters. The number of ether oxygens (including phenoxy) is 2. The molecule has 0 saturated carbocycles. The second-order valence-electron chi connectivity index (χ2n) is 5.75. The Morgan fingerprint density at radius 2 is 1.83 bits per heavy atom. The van der Waals surface area contributed by atoms with Crippen molar-refractivity contribution in [1.82, 2.24) is 10.6 Å². The number of carbonyl (C=O) groups excluding carboxylic acids is 1. The predicted octanol–water partition coefficient (Wildman–Crippen LogP) is 3.61. The summed E-state index contributed by atoms with van der Waals surface area (Å²) < 4.78 is 35.6. The van der Waals surface area contributed by atoms with Gasteiger partial charge in [-0.2, -0.15) is 8.78 Å². The maximum absolute atomic E-state index is 12.8. The number of hydrogen-bond acceptors (Lipinski definition) is 4. The number of alkyl halides is 2. The van der Waals surface area contributed by atoms with E-state index in [0.717, 1.165) is 0 Å². The van der Waals surface area contributed by atoms with Gasteiger partial charge < -0.3 is 25.4 Å². The molecule has 2 rings (SSSR count). The molecule has 0 atom stereocenters. The van der Waals surface area contributed by atoms with Gasteiger partial charge in [0.2, 0.25) is 5.91 Å². The van der Waals surface area contributed by atoms with Gasteiger partial charge >= 0.3 is 6.61 Å². The molecule has 0 spiro atoms. The summed E-state index contributed by atoms with van der Waals surface area (Å²) in [6, 6.07) is 13.9. The molecule has 164 valence electrons. The van der Waals surface area contributed by atoms with Gasteiger partial charge in [-0.25, -0.2) is 0 Å². The average Bonchev–Trinajstić information content (AvgIpc) is 2.70. The zero-order chi connectivity index (χ0) is 21.1. The third kappa shape index (κ3) is 8.39. The number of benzene rings is 2. The van der Waals surface area contributed by atoms with Crippen LogP contribution in [0.15, 0.2) is 53.5 Å². The zero-order valence-corrected chi connectivity index (χ0v) is 19.0. The highest BCUT2D eigenvalue weighted by Crippen LogP contribution is 2.32. The van der Waals surface area contributed by atoms with Gasteiger partial charge in [-0.1, -0.05) is 30.3 Å². The summed E-state index contributed by atoms with van der Waals surface area (Å²) in [6.07, 6.45) is 0. The smallest absolute Gasteiger partial charge is 0.387 e. The third-order valence-electron chi connectivity index (χ3n) is 3.71. The molecule has 0 aliphatic rings. The van der Waals surface area contributed by atoms with Gasteiger partial charge in [0.05, 0.1) is 13.2 Å². The third-order valence-corrected chi connectivity index (χ3v) is 3.71. The topological polar surface area (TPSA) is 84.0 Å². The predicted molar refractivity (Wildman–Crippen MR) is 123 cm³/mol. The van der Waals surface area contributed by atoms with Gasteiger partial charge in [0.25, 0.3) is 0 Å². The van der Waals surface area contributed by atoms with Crippen molar-refractivity contribution < 1.29 is 23.0 Å². The van der Waals surface area contributed by atoms with Crippen LogP contribution in [0.25, 0.3) is 0 Å². The lowest BCUT2D eigenvalue weighted by Crippen LogP contribution is -2.41. The Morgan fingerprint density at radius 3 is 2.47 bits per heavy atom. The normalized spacial score (nSPS) is 10.8. The summed E-state index contributed by atoms with van der Waals surface area (Å²) in [6.45, 7) is -0.786. The van der Waals surface area contributed by atoms with Crippen molar-refractivity contribution in [3.8, 4) is 11.5 Å². The highest BCUT2D eigenvalue weighted by Gasteiger charge is 2.16. The Hall–Kier alpha value is -2.63. The van der Waals surface area contributed by atoms with Crippen LogP contribution in [0, 0.1) is 0 Å². The summed E-state index contributed by atoms with van der Waals surface area (Å²) in [7, 11) is 1.54. The van der Waals surface area contributed by atoms with Crippen molar-refractivity contribution in [3.63, 3.8) is 0 Å². The van der Waals surface area contributed by atoms with E-state index in [0.29, 0.717) is 23.8 Å². The molecular formula is C20H25F2IN4O3. The van der Waals surface area contributed by atoms with E-state index in [9.17, 15) is 13.6 Å². The summed E-state index contributed by atoms with van der Waals surface area (Å²) in [5, 5.41) is 8.58. The Labute approximate surface area is 191 Å². The van der Waals surface area contributed by atoms with Gasteiger partial charge in [-0.15, -0.1) is 24.0 Å². The summed E-state index contributed by atoms with van der Waals surface area (Å²) in [5.74, 6) is 0.281. The number of anilines is 1. The molecule has 0 saturated heterocycles. The van der Waals surface area contributed by atoms with E-state index in [1.807, 2.05) is 18.2 Å². The molecule has 0 bridgehead atoms. The quantitative estimate of drug-likeness (QED) is 0.260. The zero-order valence-electron chi connectivity index (χ0n) is 16.7. The number of rotatable bonds is 9. The van der Waals surface area contributed by atoms with E-state index in [1.165, 1.54) is 7.05 Å². The Morgan fingerprint density at radius 1 is 1.10 bits per heavy atom. The van der Waals surface area contributed by atoms with Crippen LogP contribution < -0.4 is 25.4 Å². The summed E-state index contributed by atoms with van der Waals surface area (Å²) in [5.41, 5.74) is 1.15. The number of nitrogens with zero attached hydrogens (tertiary/aromatic N) is 1. The molecule has 0 heterocycles. The van der Waals surface area contributed by atoms with E-state index in [1.54, 1.807) is 37.3 Å². The molecule has 2 aromatic rings. The SMILES string of the molecule is CCOc1cccc(CNC(=NC)NCC(=O)Nc2ccccc2)c1OC(F)F.I. The number of aliphatic imine (C=N–C) groups is 1. The minimum Gasteiger partial charge on any atom is -0.490 e. The van der Waals surface area contributed by atoms with Crippen molar-refractivity contribution in [1.29, 1.82) is 0 Å². The molecule has 0 aromatic heterocycles. The molecule has 0 radical (unpaired) electrons. The fraction of sp³-hybridized carbons (Fsp3) is 0.300. The average molecular weight is 534 g/mol. The second-order valence-corrected chi connectivity index (χ2v) is 5.75. The first kappa shape index (κ1) is 25.4. The molecule has 3 N–H and O–H groups in total. The highest BCUT2D eigenvalue weighted by atomic mass is 127. The largest absolute Gasteiger partial charge is 0.490 e. The van der Waals surface area contributed by atoms with Crippen molar-refractivity contribution in [3.05, 3.63) is 54.1 Å². The summed E-state index contributed by atoms with van der Waals surface area (Å²) >= 11 is 0. The molecule has 30 heavy (non-hydrogen) atoms. The van der Waals surface area contributed by atoms with E-state index < -0.39 is 6.61 Å². The van der Waals surface area contributed by atoms with Crippen LogP contribution in [0.2, 0.25) is 0 Å². The standard InChI is InChI=1S/C20H24F2N4O3.HI/c1-3-28-16-11-7-8-14(18(16)29-19(21)22)12-24-20(23-2)25-13-17(27)26-15-9-5-4-6-10-15;/h4-11,19H,3,12-13H2,1-2H3,(H,26,27)(H2,23,24,25);1H. The number of para-hydroxylation sites is 2. The van der Waals surface area contributed by atoms with E-state index in [2.05, 4.69) is 25.7 Å². The van der Waals surface area contributed by atoms with Crippen LogP contribution in [0.4, 0.5) is 14.5 Å². The van der Waals surface area contributed by atoms with E-state index in [-0.39, 0.29) is 54.5 Å². The van der Waals surface area contributed by atoms with Crippen LogP contribution in [-0.2, 0) is 11.3 Å². The lowest BCUT2D eigenvalue weighted by molar-refractivity contribution is -0.115. The first-order valence-corrected chi connectivity index (χ1v) is 9.02. The minimum absolute atomic E-state index is 0. The first-order valence-electron chi connectivity index (χ1n) is 9.02. The highest BCUT2D eigenvalue weighted by molar-refractivity contribution is 14.0. The number of hydrogen-bond donors (Lipinski definition) is 3. The van der Waals surface area contributed by atoms with E-state index >= 15 is 0 Å². The number of carbonyl (C=O) groups is 1. The molecule has 1 amide bonds. The number of guanidine groups is 1. The van der Waals surface area contributed by atoms with Gasteiger partial charge in [0, 0.05) is 24.8 Å². The van der Waals surface area contributed by atoms with Crippen LogP contribution in [0.5, 0.6) is 11.5 Å².